The number of pyridine rings is 1. The normalized spacial score (nSPS) is 10.6. The zero-order valence-corrected chi connectivity index (χ0v) is 11.8. The van der Waals surface area contributed by atoms with E-state index < -0.39 is 0 Å². The van der Waals surface area contributed by atoms with Gasteiger partial charge in [0.15, 0.2) is 0 Å². The van der Waals surface area contributed by atoms with Crippen LogP contribution >= 0.6 is 11.6 Å². The van der Waals surface area contributed by atoms with Gasteiger partial charge >= 0.3 is 0 Å². The Bertz CT molecular complexity index is 617. The number of nitrogen functional groups attached to an aromatic ring is 1. The molecule has 0 spiro atoms. The number of anilines is 1. The maximum Gasteiger partial charge on any atom is 0.148 e. The number of benzene rings is 1. The monoisotopic (exact) mass is 281 g/mol. The molecule has 0 aliphatic rings. The van der Waals surface area contributed by atoms with Gasteiger partial charge in [0.2, 0.25) is 0 Å². The molecule has 1 heterocycles. The van der Waals surface area contributed by atoms with Gasteiger partial charge in [0.05, 0.1) is 19.2 Å². The Balaban J connectivity index is 2.85. The molecule has 0 bridgehead atoms. The minimum Gasteiger partial charge on any atom is -0.495 e. The summed E-state index contributed by atoms with van der Waals surface area (Å²) in [4.78, 5) is 4.47. The van der Waals surface area contributed by atoms with Crippen LogP contribution in [0.5, 0.6) is 11.5 Å². The summed E-state index contributed by atoms with van der Waals surface area (Å²) >= 11 is 6.32. The van der Waals surface area contributed by atoms with E-state index in [9.17, 15) is 0 Å². The van der Waals surface area contributed by atoms with Crippen molar-refractivity contribution in [2.24, 2.45) is 5.84 Å². The lowest BCUT2D eigenvalue weighted by Gasteiger charge is -2.14. The third-order valence-electron chi connectivity index (χ3n) is 3.01. The highest BCUT2D eigenvalue weighted by Gasteiger charge is 2.15. The van der Waals surface area contributed by atoms with Crippen molar-refractivity contribution in [3.05, 3.63) is 22.7 Å². The van der Waals surface area contributed by atoms with Crippen LogP contribution in [0.1, 0.15) is 12.5 Å². The molecule has 2 aromatic rings. The summed E-state index contributed by atoms with van der Waals surface area (Å²) in [6.45, 7) is 2.02. The van der Waals surface area contributed by atoms with Gasteiger partial charge in [-0.2, -0.15) is 0 Å². The summed E-state index contributed by atoms with van der Waals surface area (Å²) in [7, 11) is 3.14. The number of hydrazine groups is 1. The molecule has 5 nitrogen and oxygen atoms in total. The molecule has 0 radical (unpaired) electrons. The highest BCUT2D eigenvalue weighted by Crippen LogP contribution is 2.39. The number of methoxy groups -OCH3 is 2. The number of nitrogens with zero attached hydrogens (tertiary/aromatic N) is 1. The summed E-state index contributed by atoms with van der Waals surface area (Å²) in [6, 6.07) is 3.66. The van der Waals surface area contributed by atoms with Crippen molar-refractivity contribution in [2.45, 2.75) is 13.3 Å². The molecule has 0 atom stereocenters. The number of aromatic nitrogens is 1. The predicted molar refractivity (Wildman–Crippen MR) is 77.0 cm³/mol. The zero-order chi connectivity index (χ0) is 14.0. The van der Waals surface area contributed by atoms with Crippen LogP contribution in [0.3, 0.4) is 0 Å². The number of hydrogen-bond donors (Lipinski definition) is 2. The van der Waals surface area contributed by atoms with Gasteiger partial charge in [-0.15, -0.1) is 0 Å². The highest BCUT2D eigenvalue weighted by molar-refractivity contribution is 6.37. The lowest BCUT2D eigenvalue weighted by atomic mass is 10.1. The van der Waals surface area contributed by atoms with Gasteiger partial charge in [0.25, 0.3) is 0 Å². The molecule has 0 fully saturated rings. The number of nitrogens with one attached hydrogen (secondary N) is 1. The summed E-state index contributed by atoms with van der Waals surface area (Å²) in [5.41, 5.74) is 4.23. The van der Waals surface area contributed by atoms with Crippen LogP contribution in [0, 0.1) is 0 Å². The van der Waals surface area contributed by atoms with E-state index >= 15 is 0 Å². The fourth-order valence-electron chi connectivity index (χ4n) is 1.99. The number of ether oxygens (including phenoxy) is 2. The second-order valence-electron chi connectivity index (χ2n) is 3.99. The van der Waals surface area contributed by atoms with Crippen LogP contribution in [0.15, 0.2) is 12.1 Å². The standard InChI is InChI=1S/C13H16ClN3O2/c1-4-7-5-8-11(14)9(18-2)6-10(19-3)12(8)16-13(7)17-15/h5-6H,4,15H2,1-3H3,(H,16,17). The lowest BCUT2D eigenvalue weighted by Crippen LogP contribution is -2.11. The Morgan fingerprint density at radius 1 is 1.26 bits per heavy atom. The molecule has 0 amide bonds. The molecule has 1 aromatic heterocycles. The van der Waals surface area contributed by atoms with Crippen LogP contribution < -0.4 is 20.7 Å². The van der Waals surface area contributed by atoms with Gasteiger partial charge in [-0.1, -0.05) is 18.5 Å². The molecule has 102 valence electrons. The molecule has 2 rings (SSSR count). The maximum absolute atomic E-state index is 6.32. The number of rotatable bonds is 4. The van der Waals surface area contributed by atoms with Gasteiger partial charge in [-0.05, 0) is 18.1 Å². The van der Waals surface area contributed by atoms with E-state index in [4.69, 9.17) is 26.9 Å². The molecule has 0 aliphatic carbocycles. The SMILES string of the molecule is CCc1cc2c(Cl)c(OC)cc(OC)c2nc1NN. The van der Waals surface area contributed by atoms with Crippen LogP contribution in [0.25, 0.3) is 10.9 Å². The van der Waals surface area contributed by atoms with E-state index in [0.29, 0.717) is 27.9 Å². The van der Waals surface area contributed by atoms with Crippen molar-refractivity contribution in [3.63, 3.8) is 0 Å². The first kappa shape index (κ1) is 13.7. The smallest absolute Gasteiger partial charge is 0.148 e. The molecule has 1 aromatic carbocycles. The Morgan fingerprint density at radius 2 is 1.95 bits per heavy atom. The van der Waals surface area contributed by atoms with E-state index in [1.807, 2.05) is 13.0 Å². The predicted octanol–water partition coefficient (Wildman–Crippen LogP) is 2.75. The second kappa shape index (κ2) is 5.50. The fraction of sp³-hybridized carbons (Fsp3) is 0.308. The number of aryl methyl sites for hydroxylation is 1. The van der Waals surface area contributed by atoms with Crippen molar-refractivity contribution < 1.29 is 9.47 Å². The molecule has 0 aliphatic heterocycles. The third-order valence-corrected chi connectivity index (χ3v) is 3.40. The average Bonchev–Trinajstić information content (AvgIpc) is 2.46. The Hall–Kier alpha value is -1.72. The van der Waals surface area contributed by atoms with Crippen molar-refractivity contribution in [1.82, 2.24) is 4.98 Å². The lowest BCUT2D eigenvalue weighted by molar-refractivity contribution is 0.397. The second-order valence-corrected chi connectivity index (χ2v) is 4.36. The Labute approximate surface area is 116 Å². The first-order valence-electron chi connectivity index (χ1n) is 5.86. The number of nitrogens with two attached hydrogens (primary N) is 1. The van der Waals surface area contributed by atoms with E-state index in [1.54, 1.807) is 20.3 Å². The van der Waals surface area contributed by atoms with Crippen LogP contribution in [-0.4, -0.2) is 19.2 Å². The minimum absolute atomic E-state index is 0.518. The van der Waals surface area contributed by atoms with Crippen LogP contribution in [-0.2, 0) is 6.42 Å². The topological polar surface area (TPSA) is 69.4 Å². The molecular weight excluding hydrogens is 266 g/mol. The Morgan fingerprint density at radius 3 is 2.47 bits per heavy atom. The van der Waals surface area contributed by atoms with Gasteiger partial charge in [0, 0.05) is 11.5 Å². The van der Waals surface area contributed by atoms with Crippen molar-refractivity contribution in [2.75, 3.05) is 19.6 Å². The van der Waals surface area contributed by atoms with Gasteiger partial charge in [-0.25, -0.2) is 10.8 Å². The minimum atomic E-state index is 0.518. The van der Waals surface area contributed by atoms with Gasteiger partial charge in [-0.3, -0.25) is 0 Å². The van der Waals surface area contributed by atoms with Crippen LogP contribution in [0.2, 0.25) is 5.02 Å². The summed E-state index contributed by atoms with van der Waals surface area (Å²) in [5, 5.41) is 1.30. The molecule has 3 N–H and O–H groups in total. The molecule has 19 heavy (non-hydrogen) atoms. The van der Waals surface area contributed by atoms with E-state index in [-0.39, 0.29) is 0 Å². The number of fused-ring (bicyclic) bond motifs is 1. The molecular formula is C13H16ClN3O2. The Kier molecular flexibility index (Phi) is 3.97. The first-order chi connectivity index (χ1) is 9.15. The third kappa shape index (κ3) is 2.27. The van der Waals surface area contributed by atoms with E-state index in [1.165, 1.54) is 0 Å². The first-order valence-corrected chi connectivity index (χ1v) is 6.24. The molecule has 0 saturated heterocycles. The number of halogens is 1. The largest absolute Gasteiger partial charge is 0.495 e. The van der Waals surface area contributed by atoms with Crippen LogP contribution in [0.4, 0.5) is 5.82 Å². The maximum atomic E-state index is 6.32. The number of hydrogen-bond acceptors (Lipinski definition) is 5. The van der Waals surface area contributed by atoms with Crippen molar-refractivity contribution >= 4 is 28.3 Å². The highest BCUT2D eigenvalue weighted by atomic mass is 35.5. The van der Waals surface area contributed by atoms with Gasteiger partial charge in [0.1, 0.15) is 22.8 Å². The average molecular weight is 282 g/mol. The quantitative estimate of drug-likeness (QED) is 0.666. The fourth-order valence-corrected chi connectivity index (χ4v) is 2.27. The summed E-state index contributed by atoms with van der Waals surface area (Å²) < 4.78 is 10.6. The van der Waals surface area contributed by atoms with Gasteiger partial charge < -0.3 is 14.9 Å². The van der Waals surface area contributed by atoms with Crippen molar-refractivity contribution in [3.8, 4) is 11.5 Å². The summed E-state index contributed by atoms with van der Waals surface area (Å²) in [5.74, 6) is 7.26. The molecule has 6 heteroatoms. The van der Waals surface area contributed by atoms with E-state index in [0.717, 1.165) is 17.4 Å². The van der Waals surface area contributed by atoms with Crippen molar-refractivity contribution in [1.29, 1.82) is 0 Å². The molecule has 0 unspecified atom stereocenters. The van der Waals surface area contributed by atoms with E-state index in [2.05, 4.69) is 10.4 Å². The molecule has 0 saturated carbocycles. The summed E-state index contributed by atoms with van der Waals surface area (Å²) in [6.07, 6.45) is 0.790. The zero-order valence-electron chi connectivity index (χ0n) is 11.1.